The number of carbonyl (C=O) groups is 1. The van der Waals surface area contributed by atoms with E-state index in [9.17, 15) is 23.1 Å². The maximum atomic E-state index is 14.7. The normalized spacial score (nSPS) is 20.9. The molecule has 7 rings (SSSR count). The number of benzene rings is 2. The summed E-state index contributed by atoms with van der Waals surface area (Å²) < 4.78 is 55.2. The minimum absolute atomic E-state index is 0.0683. The predicted octanol–water partition coefficient (Wildman–Crippen LogP) is 9.48. The van der Waals surface area contributed by atoms with E-state index in [1.807, 2.05) is 60.4 Å². The number of amides is 1. The molecule has 1 amide bonds. The molecule has 0 saturated carbocycles. The predicted molar refractivity (Wildman–Crippen MR) is 211 cm³/mol. The fourth-order valence-electron chi connectivity index (χ4n) is 8.40. The molecule has 0 unspecified atom stereocenters. The van der Waals surface area contributed by atoms with Crippen molar-refractivity contribution in [2.45, 2.75) is 83.1 Å². The van der Waals surface area contributed by atoms with Gasteiger partial charge in [0.05, 0.1) is 42.3 Å². The number of hydrogen-bond acceptors (Lipinski definition) is 8. The van der Waals surface area contributed by atoms with Gasteiger partial charge in [0.1, 0.15) is 5.82 Å². The summed E-state index contributed by atoms with van der Waals surface area (Å²) in [6, 6.07) is 16.5. The Morgan fingerprint density at radius 2 is 1.77 bits per heavy atom. The van der Waals surface area contributed by atoms with Crippen LogP contribution in [0.5, 0.6) is 11.8 Å². The third-order valence-electron chi connectivity index (χ3n) is 11.6. The van der Waals surface area contributed by atoms with Crippen LogP contribution in [-0.2, 0) is 30.4 Å². The topological polar surface area (TPSA) is 109 Å². The number of fused-ring (bicyclic) bond motifs is 1. The Labute approximate surface area is 330 Å². The van der Waals surface area contributed by atoms with Crippen molar-refractivity contribution in [3.63, 3.8) is 0 Å². The van der Waals surface area contributed by atoms with Crippen molar-refractivity contribution in [3.05, 3.63) is 99.8 Å². The van der Waals surface area contributed by atoms with Gasteiger partial charge < -0.3 is 25.2 Å². The Morgan fingerprint density at radius 3 is 2.46 bits per heavy atom. The summed E-state index contributed by atoms with van der Waals surface area (Å²) in [5.74, 6) is 0.537. The number of halogens is 4. The number of pyridine rings is 2. The monoisotopic (exact) mass is 789 g/mol. The first-order valence-electron chi connectivity index (χ1n) is 19.0. The number of likely N-dealkylation sites (tertiary alicyclic amines) is 1. The first kappa shape index (κ1) is 39.4. The Kier molecular flexibility index (Phi) is 11.2. The number of nitrogens with one attached hydrogen (secondary N) is 2. The number of nitrogens with zero attached hydrogens (tertiary/aromatic N) is 3. The number of aliphatic hydroxyl groups excluding tert-OH is 1. The van der Waals surface area contributed by atoms with E-state index >= 15 is 0 Å². The molecule has 0 bridgehead atoms. The molecule has 4 heterocycles. The summed E-state index contributed by atoms with van der Waals surface area (Å²) >= 11 is 7.16. The van der Waals surface area contributed by atoms with E-state index in [0.717, 1.165) is 65.1 Å². The average molecular weight is 790 g/mol. The average Bonchev–Trinajstić information content (AvgIpc) is 3.90. The highest BCUT2D eigenvalue weighted by Gasteiger charge is 2.40. The lowest BCUT2D eigenvalue weighted by atomic mass is 9.88. The standard InChI is InChI=1S/C43H47ClF3N5O4/c1-25(53)42(2)20-21-52(24-42)23-27-22-34(43(45,46)47)39(51-41(27)56-4)49-35-18-16-30-29(10-6-11-31(30)35)32-12-7-13-33(38(32)44)36-17-14-26(40(50-36)55-3)8-5-9-28-15-19-37(54)48-28/h6-7,10-14,17,22,28,35,53H,1,5,8-9,15-16,18-21,23-24H2,2-4H3,(H,48,54)(H,49,51)/t28-,35+,42-/m1/s1. The molecule has 9 nitrogen and oxygen atoms in total. The number of aryl methyl sites for hydroxylation is 1. The molecule has 56 heavy (non-hydrogen) atoms. The van der Waals surface area contributed by atoms with Crippen LogP contribution in [0.4, 0.5) is 19.0 Å². The van der Waals surface area contributed by atoms with Gasteiger partial charge in [-0.1, -0.05) is 67.6 Å². The summed E-state index contributed by atoms with van der Waals surface area (Å²) in [5.41, 5.74) is 4.89. The number of anilines is 1. The molecular formula is C43H47ClF3N5O4. The molecule has 2 aromatic heterocycles. The zero-order valence-electron chi connectivity index (χ0n) is 31.9. The largest absolute Gasteiger partial charge is 0.512 e. The molecule has 2 fully saturated rings. The quantitative estimate of drug-likeness (QED) is 0.115. The molecule has 0 spiro atoms. The molecular weight excluding hydrogens is 743 g/mol. The van der Waals surface area contributed by atoms with Gasteiger partial charge in [0.15, 0.2) is 0 Å². The van der Waals surface area contributed by atoms with Crippen molar-refractivity contribution in [2.24, 2.45) is 5.41 Å². The van der Waals surface area contributed by atoms with Gasteiger partial charge in [-0.15, -0.1) is 0 Å². The number of alkyl halides is 3. The lowest BCUT2D eigenvalue weighted by Gasteiger charge is -2.25. The second-order valence-electron chi connectivity index (χ2n) is 15.4. The maximum Gasteiger partial charge on any atom is 0.419 e. The van der Waals surface area contributed by atoms with Gasteiger partial charge in [-0.25, -0.2) is 4.98 Å². The number of aliphatic hydroxyl groups is 1. The van der Waals surface area contributed by atoms with Crippen LogP contribution in [0, 0.1) is 5.41 Å². The first-order chi connectivity index (χ1) is 26.8. The zero-order valence-corrected chi connectivity index (χ0v) is 32.6. The van der Waals surface area contributed by atoms with Gasteiger partial charge in [0.25, 0.3) is 0 Å². The zero-order chi connectivity index (χ0) is 39.8. The maximum absolute atomic E-state index is 14.7. The fraction of sp³-hybridized carbons (Fsp3) is 0.419. The second-order valence-corrected chi connectivity index (χ2v) is 15.7. The van der Waals surface area contributed by atoms with Crippen molar-refractivity contribution < 1.29 is 32.5 Å². The number of carbonyl (C=O) groups excluding carboxylic acids is 1. The summed E-state index contributed by atoms with van der Waals surface area (Å²) in [6.07, 6.45) is 1.15. The summed E-state index contributed by atoms with van der Waals surface area (Å²) in [4.78, 5) is 22.8. The second kappa shape index (κ2) is 16.0. The van der Waals surface area contributed by atoms with Crippen molar-refractivity contribution in [2.75, 3.05) is 32.6 Å². The summed E-state index contributed by atoms with van der Waals surface area (Å²) in [5, 5.41) is 16.7. The molecule has 3 atom stereocenters. The Morgan fingerprint density at radius 1 is 1.04 bits per heavy atom. The third kappa shape index (κ3) is 8.04. The lowest BCUT2D eigenvalue weighted by Crippen LogP contribution is -2.26. The molecule has 0 radical (unpaired) electrons. The van der Waals surface area contributed by atoms with Crippen LogP contribution in [0.3, 0.4) is 0 Å². The van der Waals surface area contributed by atoms with E-state index in [4.69, 9.17) is 26.1 Å². The highest BCUT2D eigenvalue weighted by atomic mass is 35.5. The third-order valence-corrected chi connectivity index (χ3v) is 12.0. The van der Waals surface area contributed by atoms with E-state index in [2.05, 4.69) is 22.2 Å². The number of methoxy groups -OCH3 is 2. The van der Waals surface area contributed by atoms with Crippen LogP contribution in [0.25, 0.3) is 22.4 Å². The Balaban J connectivity index is 1.12. The molecule has 2 aliphatic heterocycles. The van der Waals surface area contributed by atoms with Crippen molar-refractivity contribution >= 4 is 23.3 Å². The van der Waals surface area contributed by atoms with Crippen LogP contribution in [0.15, 0.2) is 66.9 Å². The van der Waals surface area contributed by atoms with Crippen LogP contribution in [-0.4, -0.2) is 59.2 Å². The molecule has 4 aromatic rings. The fourth-order valence-corrected chi connectivity index (χ4v) is 8.73. The number of rotatable bonds is 13. The van der Waals surface area contributed by atoms with Crippen molar-refractivity contribution in [1.29, 1.82) is 0 Å². The van der Waals surface area contributed by atoms with Crippen molar-refractivity contribution in [1.82, 2.24) is 20.2 Å². The van der Waals surface area contributed by atoms with Gasteiger partial charge in [-0.3, -0.25) is 9.69 Å². The van der Waals surface area contributed by atoms with E-state index in [1.165, 1.54) is 7.11 Å². The van der Waals surface area contributed by atoms with Gasteiger partial charge in [0.2, 0.25) is 17.7 Å². The van der Waals surface area contributed by atoms with E-state index < -0.39 is 23.2 Å². The molecule has 296 valence electrons. The summed E-state index contributed by atoms with van der Waals surface area (Å²) in [7, 11) is 3.00. The molecule has 3 N–H and O–H groups in total. The van der Waals surface area contributed by atoms with Crippen LogP contribution < -0.4 is 20.1 Å². The van der Waals surface area contributed by atoms with E-state index in [0.29, 0.717) is 60.9 Å². The minimum Gasteiger partial charge on any atom is -0.512 e. The number of hydrogen-bond donors (Lipinski definition) is 3. The van der Waals surface area contributed by atoms with E-state index in [1.54, 1.807) is 7.11 Å². The first-order valence-corrected chi connectivity index (χ1v) is 19.4. The minimum atomic E-state index is -4.67. The highest BCUT2D eigenvalue weighted by molar-refractivity contribution is 6.36. The lowest BCUT2D eigenvalue weighted by molar-refractivity contribution is -0.137. The SMILES string of the molecule is C=C(O)[C@]1(C)CCN(Cc2cc(C(F)(F)F)c(N[C@H]3CCc4c(-c5cccc(-c6ccc(CCC[C@@H]7CCC(=O)N7)c(OC)n6)c5Cl)cccc43)nc2OC)C1. The highest BCUT2D eigenvalue weighted by Crippen LogP contribution is 2.46. The van der Waals surface area contributed by atoms with Gasteiger partial charge >= 0.3 is 6.18 Å². The molecule has 2 aromatic carbocycles. The van der Waals surface area contributed by atoms with E-state index in [-0.39, 0.29) is 36.0 Å². The van der Waals surface area contributed by atoms with Gasteiger partial charge in [0, 0.05) is 53.2 Å². The Bertz CT molecular complexity index is 2150. The Hall–Kier alpha value is -4.81. The van der Waals surface area contributed by atoms with Crippen LogP contribution in [0.2, 0.25) is 5.02 Å². The van der Waals surface area contributed by atoms with Gasteiger partial charge in [-0.05, 0) is 80.3 Å². The number of ether oxygens (including phenoxy) is 2. The molecule has 3 aliphatic rings. The van der Waals surface area contributed by atoms with Crippen molar-refractivity contribution in [3.8, 4) is 34.1 Å². The summed E-state index contributed by atoms with van der Waals surface area (Å²) in [6.45, 7) is 6.83. The van der Waals surface area contributed by atoms with Crippen LogP contribution in [0.1, 0.15) is 79.3 Å². The molecule has 1 aliphatic carbocycles. The van der Waals surface area contributed by atoms with Gasteiger partial charge in [-0.2, -0.15) is 18.2 Å². The molecule has 13 heteroatoms. The molecule has 2 saturated heterocycles. The smallest absolute Gasteiger partial charge is 0.419 e. The number of aromatic nitrogens is 2. The van der Waals surface area contributed by atoms with Crippen LogP contribution >= 0.6 is 11.6 Å².